The fraction of sp³-hybridized carbons (Fsp3) is 0.474. The molecule has 3 heterocycles. The van der Waals surface area contributed by atoms with Gasteiger partial charge in [-0.05, 0) is 61.4 Å². The third-order valence-corrected chi connectivity index (χ3v) is 4.86. The number of nitrogens with zero attached hydrogens (tertiary/aromatic N) is 3. The Hall–Kier alpha value is -1.94. The van der Waals surface area contributed by atoms with Gasteiger partial charge in [-0.15, -0.1) is 0 Å². The van der Waals surface area contributed by atoms with E-state index in [4.69, 9.17) is 4.74 Å². The number of anilines is 1. The second-order valence-electron chi connectivity index (χ2n) is 6.61. The van der Waals surface area contributed by atoms with Crippen molar-refractivity contribution in [1.82, 2.24) is 9.97 Å². The molecule has 0 N–H and O–H groups in total. The van der Waals surface area contributed by atoms with Crippen LogP contribution in [-0.2, 0) is 11.2 Å². The zero-order chi connectivity index (χ0) is 15.5. The molecule has 4 nitrogen and oxygen atoms in total. The fourth-order valence-corrected chi connectivity index (χ4v) is 3.37. The Morgan fingerprint density at radius 2 is 1.91 bits per heavy atom. The first-order valence-corrected chi connectivity index (χ1v) is 8.58. The highest BCUT2D eigenvalue weighted by Crippen LogP contribution is 2.33. The van der Waals surface area contributed by atoms with E-state index in [-0.39, 0.29) is 0 Å². The van der Waals surface area contributed by atoms with Crippen molar-refractivity contribution in [2.45, 2.75) is 37.8 Å². The summed E-state index contributed by atoms with van der Waals surface area (Å²) in [5.74, 6) is 1.87. The predicted octanol–water partition coefficient (Wildman–Crippen LogP) is 3.09. The molecule has 2 fully saturated rings. The lowest BCUT2D eigenvalue weighted by molar-refractivity contribution is 0.0407. The molecule has 1 aliphatic carbocycles. The Bertz CT molecular complexity index is 615. The summed E-state index contributed by atoms with van der Waals surface area (Å²) in [7, 11) is 0. The van der Waals surface area contributed by atoms with Gasteiger partial charge in [0.25, 0.3) is 0 Å². The Morgan fingerprint density at radius 3 is 2.65 bits per heavy atom. The van der Waals surface area contributed by atoms with E-state index in [1.54, 1.807) is 0 Å². The van der Waals surface area contributed by atoms with E-state index in [2.05, 4.69) is 39.1 Å². The molecule has 0 radical (unpaired) electrons. The minimum absolute atomic E-state index is 0.297. The van der Waals surface area contributed by atoms with E-state index in [1.165, 1.54) is 18.4 Å². The highest BCUT2D eigenvalue weighted by atomic mass is 16.5. The maximum atomic E-state index is 6.28. The largest absolute Gasteiger partial charge is 0.376 e. The van der Waals surface area contributed by atoms with Gasteiger partial charge in [0.05, 0.1) is 12.1 Å². The van der Waals surface area contributed by atoms with Crippen molar-refractivity contribution < 1.29 is 4.74 Å². The van der Waals surface area contributed by atoms with E-state index < -0.39 is 0 Å². The molecule has 1 saturated carbocycles. The van der Waals surface area contributed by atoms with Crippen molar-refractivity contribution in [3.63, 3.8) is 0 Å². The number of hydrogen-bond acceptors (Lipinski definition) is 4. The summed E-state index contributed by atoms with van der Waals surface area (Å²) in [6.45, 7) is 1.94. The monoisotopic (exact) mass is 309 g/mol. The first kappa shape index (κ1) is 14.6. The van der Waals surface area contributed by atoms with E-state index in [9.17, 15) is 0 Å². The average Bonchev–Trinajstić information content (AvgIpc) is 3.36. The lowest BCUT2D eigenvalue weighted by Gasteiger charge is -2.29. The minimum atomic E-state index is 0.297. The third-order valence-electron chi connectivity index (χ3n) is 4.86. The van der Waals surface area contributed by atoms with Crippen molar-refractivity contribution in [2.24, 2.45) is 5.92 Å². The molecule has 2 aromatic rings. The van der Waals surface area contributed by atoms with Crippen LogP contribution in [0.3, 0.4) is 0 Å². The molecule has 1 aliphatic heterocycles. The number of hydrogen-bond donors (Lipinski definition) is 0. The highest BCUT2D eigenvalue weighted by molar-refractivity contribution is 5.42. The van der Waals surface area contributed by atoms with Gasteiger partial charge < -0.3 is 9.64 Å². The van der Waals surface area contributed by atoms with E-state index in [0.717, 1.165) is 37.7 Å². The molecule has 4 heteroatoms. The van der Waals surface area contributed by atoms with Crippen LogP contribution in [-0.4, -0.2) is 35.3 Å². The molecule has 0 unspecified atom stereocenters. The van der Waals surface area contributed by atoms with E-state index >= 15 is 0 Å². The number of ether oxygens (including phenoxy) is 1. The molecule has 120 valence electrons. The smallest absolute Gasteiger partial charge is 0.128 e. The number of pyridine rings is 2. The molecule has 0 amide bonds. The van der Waals surface area contributed by atoms with Gasteiger partial charge in [0, 0.05) is 31.7 Å². The predicted molar refractivity (Wildman–Crippen MR) is 90.4 cm³/mol. The highest BCUT2D eigenvalue weighted by Gasteiger charge is 2.36. The molecule has 2 aromatic heterocycles. The lowest BCUT2D eigenvalue weighted by Crippen LogP contribution is -2.39. The maximum absolute atomic E-state index is 6.28. The van der Waals surface area contributed by atoms with Crippen LogP contribution in [0.15, 0.2) is 48.9 Å². The Balaban J connectivity index is 1.52. The minimum Gasteiger partial charge on any atom is -0.376 e. The van der Waals surface area contributed by atoms with Crippen molar-refractivity contribution in [1.29, 1.82) is 0 Å². The summed E-state index contributed by atoms with van der Waals surface area (Å²) in [4.78, 5) is 11.1. The first-order valence-electron chi connectivity index (χ1n) is 8.58. The van der Waals surface area contributed by atoms with Crippen LogP contribution in [0.1, 0.15) is 24.8 Å². The SMILES string of the molecule is c1ccc(N2CC[C@@H](OCC3CC3)[C@H]2Cc2ccncc2)nc1. The second kappa shape index (κ2) is 6.67. The van der Waals surface area contributed by atoms with Gasteiger partial charge in [-0.25, -0.2) is 4.98 Å². The Morgan fingerprint density at radius 1 is 1.04 bits per heavy atom. The molecule has 0 aromatic carbocycles. The molecular formula is C19H23N3O. The molecule has 1 saturated heterocycles. The average molecular weight is 309 g/mol. The molecule has 0 bridgehead atoms. The van der Waals surface area contributed by atoms with Crippen molar-refractivity contribution in [3.05, 3.63) is 54.5 Å². The van der Waals surface area contributed by atoms with Crippen molar-refractivity contribution >= 4 is 5.82 Å². The normalized spacial score (nSPS) is 24.1. The van der Waals surface area contributed by atoms with Gasteiger partial charge in [0.15, 0.2) is 0 Å². The molecule has 4 rings (SSSR count). The first-order chi connectivity index (χ1) is 11.4. The van der Waals surface area contributed by atoms with E-state index in [0.29, 0.717) is 12.1 Å². The molecule has 23 heavy (non-hydrogen) atoms. The quantitative estimate of drug-likeness (QED) is 0.822. The van der Waals surface area contributed by atoms with Crippen molar-refractivity contribution in [2.75, 3.05) is 18.1 Å². The van der Waals surface area contributed by atoms with Crippen LogP contribution < -0.4 is 4.90 Å². The fourth-order valence-electron chi connectivity index (χ4n) is 3.37. The van der Waals surface area contributed by atoms with Gasteiger partial charge in [0.1, 0.15) is 5.82 Å². The van der Waals surface area contributed by atoms with Gasteiger partial charge >= 0.3 is 0 Å². The van der Waals surface area contributed by atoms with Gasteiger partial charge in [-0.1, -0.05) is 6.07 Å². The topological polar surface area (TPSA) is 38.2 Å². The molecule has 2 atom stereocenters. The second-order valence-corrected chi connectivity index (χ2v) is 6.61. The summed E-state index contributed by atoms with van der Waals surface area (Å²) in [5, 5.41) is 0. The van der Waals surface area contributed by atoms with Crippen LogP contribution in [0.5, 0.6) is 0 Å². The van der Waals surface area contributed by atoms with Crippen LogP contribution >= 0.6 is 0 Å². The number of aromatic nitrogens is 2. The van der Waals surface area contributed by atoms with Crippen LogP contribution in [0.25, 0.3) is 0 Å². The Kier molecular flexibility index (Phi) is 4.24. The van der Waals surface area contributed by atoms with Gasteiger partial charge in [-0.2, -0.15) is 0 Å². The molecular weight excluding hydrogens is 286 g/mol. The summed E-state index contributed by atoms with van der Waals surface area (Å²) in [5.41, 5.74) is 1.31. The summed E-state index contributed by atoms with van der Waals surface area (Å²) in [6, 6.07) is 10.7. The van der Waals surface area contributed by atoms with Crippen LogP contribution in [0.4, 0.5) is 5.82 Å². The van der Waals surface area contributed by atoms with Gasteiger partial charge in [0.2, 0.25) is 0 Å². The zero-order valence-electron chi connectivity index (χ0n) is 13.3. The summed E-state index contributed by atoms with van der Waals surface area (Å²) < 4.78 is 6.28. The maximum Gasteiger partial charge on any atom is 0.128 e. The van der Waals surface area contributed by atoms with Crippen LogP contribution in [0, 0.1) is 5.92 Å². The standard InChI is InChI=1S/C19H23N3O/c1-2-9-21-19(3-1)22-12-8-18(23-14-16-4-5-16)17(22)13-15-6-10-20-11-7-15/h1-3,6-7,9-11,16-18H,4-5,8,12-14H2/t17-,18-/m1/s1. The van der Waals surface area contributed by atoms with Crippen LogP contribution in [0.2, 0.25) is 0 Å². The Labute approximate surface area is 137 Å². The molecule has 0 spiro atoms. The third kappa shape index (κ3) is 3.53. The summed E-state index contributed by atoms with van der Waals surface area (Å²) >= 11 is 0. The van der Waals surface area contributed by atoms with Gasteiger partial charge in [-0.3, -0.25) is 4.98 Å². The van der Waals surface area contributed by atoms with Crippen molar-refractivity contribution in [3.8, 4) is 0 Å². The number of rotatable bonds is 6. The van der Waals surface area contributed by atoms with E-state index in [1.807, 2.05) is 24.7 Å². The summed E-state index contributed by atoms with van der Waals surface area (Å²) in [6.07, 6.45) is 10.7. The lowest BCUT2D eigenvalue weighted by atomic mass is 10.0. The molecule has 2 aliphatic rings. The zero-order valence-corrected chi connectivity index (χ0v) is 13.3.